The van der Waals surface area contributed by atoms with Crippen LogP contribution in [0.5, 0.6) is 0 Å². The number of carboxylic acids is 1. The van der Waals surface area contributed by atoms with Crippen molar-refractivity contribution < 1.29 is 9.90 Å². The van der Waals surface area contributed by atoms with Crippen molar-refractivity contribution in [2.45, 2.75) is 38.1 Å². The fraction of sp³-hybridized carbons (Fsp3) is 0.750. The summed E-state index contributed by atoms with van der Waals surface area (Å²) in [6.07, 6.45) is 3.73. The van der Waals surface area contributed by atoms with Crippen LogP contribution in [-0.4, -0.2) is 31.3 Å². The molecule has 0 bridgehead atoms. The van der Waals surface area contributed by atoms with Gasteiger partial charge in [0.1, 0.15) is 0 Å². The maximum atomic E-state index is 10.4. The predicted octanol–water partition coefficient (Wildman–Crippen LogP) is 0.415. The van der Waals surface area contributed by atoms with E-state index < -0.39 is 5.97 Å². The largest absolute Gasteiger partial charge is 0.481 e. The fourth-order valence-electron chi connectivity index (χ4n) is 1.84. The van der Waals surface area contributed by atoms with Gasteiger partial charge in [0.15, 0.2) is 5.82 Å². The molecule has 0 aliphatic carbocycles. The Labute approximate surface area is 80.9 Å². The number of carbonyl (C=O) groups is 1. The lowest BCUT2D eigenvalue weighted by molar-refractivity contribution is -0.137. The van der Waals surface area contributed by atoms with Crippen LogP contribution in [0, 0.1) is 0 Å². The van der Waals surface area contributed by atoms with Crippen LogP contribution in [0.4, 0.5) is 0 Å². The maximum Gasteiger partial charge on any atom is 0.303 e. The topological polar surface area (TPSA) is 80.9 Å². The van der Waals surface area contributed by atoms with Gasteiger partial charge >= 0.3 is 5.97 Å². The Bertz CT molecular complexity index is 336. The lowest BCUT2D eigenvalue weighted by Crippen LogP contribution is -2.20. The molecule has 1 unspecified atom stereocenters. The molecule has 1 aliphatic rings. The van der Waals surface area contributed by atoms with E-state index in [1.165, 1.54) is 0 Å². The van der Waals surface area contributed by atoms with Crippen LogP contribution in [0.15, 0.2) is 0 Å². The third kappa shape index (κ3) is 1.73. The van der Waals surface area contributed by atoms with E-state index in [1.807, 2.05) is 0 Å². The minimum atomic E-state index is -0.759. The van der Waals surface area contributed by atoms with E-state index in [2.05, 4.69) is 15.5 Å². The zero-order valence-electron chi connectivity index (χ0n) is 7.76. The minimum Gasteiger partial charge on any atom is -0.481 e. The van der Waals surface area contributed by atoms with Gasteiger partial charge in [0.25, 0.3) is 0 Å². The Kier molecular flexibility index (Phi) is 2.43. The lowest BCUT2D eigenvalue weighted by Gasteiger charge is -2.21. The smallest absolute Gasteiger partial charge is 0.303 e. The number of hydrogen-bond acceptors (Lipinski definition) is 4. The molecular weight excluding hydrogens is 184 g/mol. The van der Waals surface area contributed by atoms with E-state index in [0.29, 0.717) is 6.42 Å². The highest BCUT2D eigenvalue weighted by atomic mass is 16.4. The number of nitrogens with zero attached hydrogens (tertiary/aromatic N) is 4. The SMILES string of the molecule is O=C(O)CCC1CCCc2nnnn21. The molecular formula is C8H12N4O2. The van der Waals surface area contributed by atoms with Gasteiger partial charge in [-0.05, 0) is 29.7 Å². The Balaban J connectivity index is 2.05. The van der Waals surface area contributed by atoms with Crippen molar-refractivity contribution in [3.05, 3.63) is 5.82 Å². The van der Waals surface area contributed by atoms with E-state index in [0.717, 1.165) is 25.1 Å². The van der Waals surface area contributed by atoms with E-state index in [4.69, 9.17) is 5.11 Å². The second kappa shape index (κ2) is 3.73. The molecule has 0 saturated heterocycles. The van der Waals surface area contributed by atoms with Crippen molar-refractivity contribution in [2.24, 2.45) is 0 Å². The van der Waals surface area contributed by atoms with Crippen molar-refractivity contribution in [2.75, 3.05) is 0 Å². The molecule has 0 radical (unpaired) electrons. The van der Waals surface area contributed by atoms with Crippen LogP contribution in [0.3, 0.4) is 0 Å². The van der Waals surface area contributed by atoms with Gasteiger partial charge in [0.2, 0.25) is 0 Å². The van der Waals surface area contributed by atoms with Gasteiger partial charge in [0.05, 0.1) is 6.04 Å². The molecule has 0 fully saturated rings. The number of aromatic nitrogens is 4. The molecule has 14 heavy (non-hydrogen) atoms. The van der Waals surface area contributed by atoms with Crippen molar-refractivity contribution in [1.29, 1.82) is 0 Å². The lowest BCUT2D eigenvalue weighted by atomic mass is 10.0. The number of fused-ring (bicyclic) bond motifs is 1. The van der Waals surface area contributed by atoms with E-state index in [1.54, 1.807) is 4.68 Å². The summed E-state index contributed by atoms with van der Waals surface area (Å²) < 4.78 is 1.77. The standard InChI is InChI=1S/C8H12N4O2/c13-8(14)5-4-6-2-1-3-7-9-10-11-12(6)7/h6H,1-5H2,(H,13,14). The second-order valence-corrected chi connectivity index (χ2v) is 3.52. The monoisotopic (exact) mass is 196 g/mol. The minimum absolute atomic E-state index is 0.171. The summed E-state index contributed by atoms with van der Waals surface area (Å²) in [5, 5.41) is 19.9. The molecule has 76 valence electrons. The Morgan fingerprint density at radius 2 is 2.50 bits per heavy atom. The summed E-state index contributed by atoms with van der Waals surface area (Å²) in [5.74, 6) is 0.122. The second-order valence-electron chi connectivity index (χ2n) is 3.52. The summed E-state index contributed by atoms with van der Waals surface area (Å²) in [5.41, 5.74) is 0. The highest BCUT2D eigenvalue weighted by Crippen LogP contribution is 2.25. The maximum absolute atomic E-state index is 10.4. The molecule has 0 spiro atoms. The van der Waals surface area contributed by atoms with Crippen LogP contribution >= 0.6 is 0 Å². The zero-order chi connectivity index (χ0) is 9.97. The number of aryl methyl sites for hydroxylation is 1. The molecule has 0 aromatic carbocycles. The first-order valence-electron chi connectivity index (χ1n) is 4.76. The summed E-state index contributed by atoms with van der Waals surface area (Å²) in [6.45, 7) is 0. The molecule has 2 heterocycles. The van der Waals surface area contributed by atoms with Gasteiger partial charge in [0, 0.05) is 12.8 Å². The van der Waals surface area contributed by atoms with Crippen LogP contribution < -0.4 is 0 Å². The first-order chi connectivity index (χ1) is 6.77. The fourth-order valence-corrected chi connectivity index (χ4v) is 1.84. The highest BCUT2D eigenvalue weighted by Gasteiger charge is 2.22. The van der Waals surface area contributed by atoms with Gasteiger partial charge in [-0.1, -0.05) is 0 Å². The molecule has 6 heteroatoms. The third-order valence-corrected chi connectivity index (χ3v) is 2.54. The van der Waals surface area contributed by atoms with Crippen LogP contribution in [0.2, 0.25) is 0 Å². The molecule has 1 aromatic heterocycles. The van der Waals surface area contributed by atoms with Crippen molar-refractivity contribution in [1.82, 2.24) is 20.2 Å². The summed E-state index contributed by atoms with van der Waals surface area (Å²) in [4.78, 5) is 10.4. The van der Waals surface area contributed by atoms with Gasteiger partial charge in [-0.25, -0.2) is 4.68 Å². The Morgan fingerprint density at radius 1 is 1.64 bits per heavy atom. The average Bonchev–Trinajstić information content (AvgIpc) is 2.62. The predicted molar refractivity (Wildman–Crippen MR) is 46.7 cm³/mol. The van der Waals surface area contributed by atoms with E-state index in [-0.39, 0.29) is 12.5 Å². The normalized spacial score (nSPS) is 20.4. The van der Waals surface area contributed by atoms with Crippen molar-refractivity contribution in [3.8, 4) is 0 Å². The van der Waals surface area contributed by atoms with Gasteiger partial charge in [-0.3, -0.25) is 4.79 Å². The van der Waals surface area contributed by atoms with Crippen LogP contribution in [0.1, 0.15) is 37.5 Å². The Morgan fingerprint density at radius 3 is 3.29 bits per heavy atom. The molecule has 1 aliphatic heterocycles. The number of aliphatic carboxylic acids is 1. The molecule has 1 atom stereocenters. The molecule has 1 aromatic rings. The Hall–Kier alpha value is -1.46. The average molecular weight is 196 g/mol. The van der Waals surface area contributed by atoms with E-state index in [9.17, 15) is 4.79 Å². The number of hydrogen-bond donors (Lipinski definition) is 1. The molecule has 0 amide bonds. The molecule has 6 nitrogen and oxygen atoms in total. The van der Waals surface area contributed by atoms with Gasteiger partial charge in [-0.2, -0.15) is 0 Å². The van der Waals surface area contributed by atoms with Crippen LogP contribution in [-0.2, 0) is 11.2 Å². The number of rotatable bonds is 3. The number of carboxylic acid groups (broad SMARTS) is 1. The summed E-state index contributed by atoms with van der Waals surface area (Å²) in [6, 6.07) is 0.171. The van der Waals surface area contributed by atoms with E-state index >= 15 is 0 Å². The highest BCUT2D eigenvalue weighted by molar-refractivity contribution is 5.66. The third-order valence-electron chi connectivity index (χ3n) is 2.54. The summed E-state index contributed by atoms with van der Waals surface area (Å²) >= 11 is 0. The summed E-state index contributed by atoms with van der Waals surface area (Å²) in [7, 11) is 0. The molecule has 2 rings (SSSR count). The zero-order valence-corrected chi connectivity index (χ0v) is 7.76. The van der Waals surface area contributed by atoms with Gasteiger partial charge < -0.3 is 5.11 Å². The molecule has 1 N–H and O–H groups in total. The van der Waals surface area contributed by atoms with Crippen LogP contribution in [0.25, 0.3) is 0 Å². The quantitative estimate of drug-likeness (QED) is 0.757. The first kappa shape index (κ1) is 9.11. The first-order valence-corrected chi connectivity index (χ1v) is 4.76. The van der Waals surface area contributed by atoms with Crippen molar-refractivity contribution >= 4 is 5.97 Å². The number of tetrazole rings is 1. The molecule has 0 saturated carbocycles. The van der Waals surface area contributed by atoms with Crippen molar-refractivity contribution in [3.63, 3.8) is 0 Å². The van der Waals surface area contributed by atoms with Gasteiger partial charge in [-0.15, -0.1) is 5.10 Å².